The van der Waals surface area contributed by atoms with Crippen LogP contribution in [0.5, 0.6) is 0 Å². The predicted molar refractivity (Wildman–Crippen MR) is 88.2 cm³/mol. The zero-order valence-corrected chi connectivity index (χ0v) is 14.8. The number of hydrogen-bond donors (Lipinski definition) is 1. The maximum Gasteiger partial charge on any atom is 0.252 e. The molecule has 0 aromatic carbocycles. The molecule has 2 heterocycles. The van der Waals surface area contributed by atoms with E-state index in [2.05, 4.69) is 19.2 Å². The number of nitrogens with zero attached hydrogens (tertiary/aromatic N) is 1. The number of sulfonamides is 1. The molecule has 4 nitrogen and oxygen atoms in total. The predicted octanol–water partition coefficient (Wildman–Crippen LogP) is 2.98. The summed E-state index contributed by atoms with van der Waals surface area (Å²) >= 11 is 1.42. The van der Waals surface area contributed by atoms with Crippen LogP contribution in [0.2, 0.25) is 0 Å². The van der Waals surface area contributed by atoms with Crippen molar-refractivity contribution in [3.63, 3.8) is 0 Å². The molecule has 2 rings (SSSR count). The fraction of sp³-hybridized carbons (Fsp3) is 0.733. The maximum atomic E-state index is 12.8. The maximum absolute atomic E-state index is 12.8. The lowest BCUT2D eigenvalue weighted by atomic mass is 9.97. The van der Waals surface area contributed by atoms with Gasteiger partial charge < -0.3 is 5.32 Å². The molecule has 1 aliphatic heterocycles. The van der Waals surface area contributed by atoms with Crippen LogP contribution in [0.4, 0.5) is 0 Å². The highest BCUT2D eigenvalue weighted by atomic mass is 32.2. The van der Waals surface area contributed by atoms with Gasteiger partial charge in [-0.05, 0) is 43.9 Å². The number of thiophene rings is 1. The second kappa shape index (κ2) is 7.22. The third-order valence-electron chi connectivity index (χ3n) is 4.19. The van der Waals surface area contributed by atoms with E-state index >= 15 is 0 Å². The van der Waals surface area contributed by atoms with Crippen LogP contribution in [-0.2, 0) is 16.6 Å². The molecule has 120 valence electrons. The van der Waals surface area contributed by atoms with Gasteiger partial charge in [-0.25, -0.2) is 8.42 Å². The summed E-state index contributed by atoms with van der Waals surface area (Å²) in [6, 6.07) is 1.84. The van der Waals surface area contributed by atoms with Crippen LogP contribution in [0.1, 0.15) is 43.6 Å². The van der Waals surface area contributed by atoms with Gasteiger partial charge in [-0.3, -0.25) is 0 Å². The van der Waals surface area contributed by atoms with Gasteiger partial charge in [0.25, 0.3) is 10.0 Å². The third kappa shape index (κ3) is 3.86. The van der Waals surface area contributed by atoms with Gasteiger partial charge in [-0.15, -0.1) is 11.3 Å². The molecule has 1 N–H and O–H groups in total. The van der Waals surface area contributed by atoms with E-state index in [1.807, 2.05) is 13.0 Å². The number of hydrogen-bond acceptors (Lipinski definition) is 4. The molecule has 0 spiro atoms. The van der Waals surface area contributed by atoms with Crippen LogP contribution in [0.25, 0.3) is 0 Å². The van der Waals surface area contributed by atoms with Gasteiger partial charge in [0.05, 0.1) is 0 Å². The van der Waals surface area contributed by atoms with Gasteiger partial charge in [0.15, 0.2) is 0 Å². The molecule has 1 fully saturated rings. The van der Waals surface area contributed by atoms with E-state index in [1.54, 1.807) is 4.31 Å². The molecule has 1 aliphatic rings. The molecule has 1 aromatic heterocycles. The van der Waals surface area contributed by atoms with E-state index in [9.17, 15) is 8.42 Å². The molecule has 21 heavy (non-hydrogen) atoms. The fourth-order valence-corrected chi connectivity index (χ4v) is 6.00. The highest BCUT2D eigenvalue weighted by molar-refractivity contribution is 7.91. The molecule has 0 radical (unpaired) electrons. The topological polar surface area (TPSA) is 49.4 Å². The van der Waals surface area contributed by atoms with Gasteiger partial charge in [-0.1, -0.05) is 20.3 Å². The Morgan fingerprint density at radius 2 is 2.19 bits per heavy atom. The van der Waals surface area contributed by atoms with Crippen molar-refractivity contribution in [1.29, 1.82) is 0 Å². The van der Waals surface area contributed by atoms with Gasteiger partial charge in [0, 0.05) is 24.5 Å². The Bertz CT molecular complexity index is 566. The Morgan fingerprint density at radius 3 is 2.86 bits per heavy atom. The van der Waals surface area contributed by atoms with Crippen LogP contribution < -0.4 is 5.32 Å². The number of aryl methyl sites for hydroxylation is 1. The Morgan fingerprint density at radius 1 is 1.43 bits per heavy atom. The third-order valence-corrected chi connectivity index (χ3v) is 7.74. The molecular weight excluding hydrogens is 304 g/mol. The fourth-order valence-electron chi connectivity index (χ4n) is 2.74. The van der Waals surface area contributed by atoms with Crippen molar-refractivity contribution in [1.82, 2.24) is 9.62 Å². The molecule has 1 atom stereocenters. The van der Waals surface area contributed by atoms with E-state index < -0.39 is 10.0 Å². The minimum Gasteiger partial charge on any atom is -0.312 e. The van der Waals surface area contributed by atoms with Crippen molar-refractivity contribution in [2.75, 3.05) is 19.6 Å². The second-order valence-electron chi connectivity index (χ2n) is 5.73. The lowest BCUT2D eigenvalue weighted by Gasteiger charge is -2.30. The summed E-state index contributed by atoms with van der Waals surface area (Å²) in [6.07, 6.45) is 3.19. The molecule has 1 aromatic rings. The number of nitrogens with one attached hydrogen (secondary N) is 1. The summed E-state index contributed by atoms with van der Waals surface area (Å²) in [4.78, 5) is 1.12. The molecule has 0 bridgehead atoms. The average molecular weight is 331 g/mol. The van der Waals surface area contributed by atoms with Crippen molar-refractivity contribution < 1.29 is 8.42 Å². The quantitative estimate of drug-likeness (QED) is 0.872. The summed E-state index contributed by atoms with van der Waals surface area (Å²) in [5.41, 5.74) is 1.07. The van der Waals surface area contributed by atoms with Gasteiger partial charge in [0.1, 0.15) is 4.21 Å². The van der Waals surface area contributed by atoms with Crippen LogP contribution in [0.3, 0.4) is 0 Å². The number of rotatable bonds is 6. The van der Waals surface area contributed by atoms with E-state index in [1.165, 1.54) is 11.3 Å². The normalized spacial score (nSPS) is 20.8. The summed E-state index contributed by atoms with van der Waals surface area (Å²) < 4.78 is 27.8. The SMILES string of the molecule is CCNCc1sc(S(=O)(=O)N2CCCC(CC)C2)cc1C. The minimum absolute atomic E-state index is 0.504. The smallest absolute Gasteiger partial charge is 0.252 e. The Labute approximate surface area is 132 Å². The zero-order chi connectivity index (χ0) is 15.5. The molecular formula is C15H26N2O2S2. The van der Waals surface area contributed by atoms with Crippen LogP contribution in [0.15, 0.2) is 10.3 Å². The highest BCUT2D eigenvalue weighted by Gasteiger charge is 2.31. The standard InChI is InChI=1S/C15H26N2O2S2/c1-4-13-7-6-8-17(11-13)21(18,19)15-9-12(3)14(20-15)10-16-5-2/h9,13,16H,4-8,10-11H2,1-3H3. The van der Waals surface area contributed by atoms with E-state index in [0.717, 1.165) is 42.8 Å². The lowest BCUT2D eigenvalue weighted by molar-refractivity contribution is 0.262. The molecule has 0 aliphatic carbocycles. The first kappa shape index (κ1) is 16.9. The molecule has 6 heteroatoms. The van der Waals surface area contributed by atoms with Crippen LogP contribution in [-0.4, -0.2) is 32.4 Å². The molecule has 0 saturated carbocycles. The second-order valence-corrected chi connectivity index (χ2v) is 9.03. The van der Waals surface area contributed by atoms with Gasteiger partial charge in [0.2, 0.25) is 0 Å². The monoisotopic (exact) mass is 330 g/mol. The van der Waals surface area contributed by atoms with Crippen molar-refractivity contribution in [2.24, 2.45) is 5.92 Å². The summed E-state index contributed by atoms with van der Waals surface area (Å²) in [5.74, 6) is 0.510. The zero-order valence-electron chi connectivity index (χ0n) is 13.2. The Kier molecular flexibility index (Phi) is 5.82. The first-order valence-corrected chi connectivity index (χ1v) is 10.0. The summed E-state index contributed by atoms with van der Waals surface area (Å²) in [5, 5.41) is 3.27. The summed E-state index contributed by atoms with van der Waals surface area (Å²) in [6.45, 7) is 9.18. The first-order valence-electron chi connectivity index (χ1n) is 7.79. The Hall–Kier alpha value is -0.430. The number of piperidine rings is 1. The van der Waals surface area contributed by atoms with Crippen molar-refractivity contribution in [3.8, 4) is 0 Å². The van der Waals surface area contributed by atoms with Crippen molar-refractivity contribution in [2.45, 2.75) is 50.8 Å². The Balaban J connectivity index is 2.19. The molecule has 1 unspecified atom stereocenters. The van der Waals surface area contributed by atoms with Gasteiger partial charge in [-0.2, -0.15) is 4.31 Å². The van der Waals surface area contributed by atoms with Crippen molar-refractivity contribution >= 4 is 21.4 Å². The van der Waals surface area contributed by atoms with E-state index in [0.29, 0.717) is 23.2 Å². The average Bonchev–Trinajstić information content (AvgIpc) is 2.87. The molecule has 1 saturated heterocycles. The van der Waals surface area contributed by atoms with Crippen LogP contribution in [0, 0.1) is 12.8 Å². The largest absolute Gasteiger partial charge is 0.312 e. The van der Waals surface area contributed by atoms with E-state index in [-0.39, 0.29) is 0 Å². The van der Waals surface area contributed by atoms with E-state index in [4.69, 9.17) is 0 Å². The summed E-state index contributed by atoms with van der Waals surface area (Å²) in [7, 11) is -3.31. The highest BCUT2D eigenvalue weighted by Crippen LogP contribution is 2.31. The molecule has 0 amide bonds. The lowest BCUT2D eigenvalue weighted by Crippen LogP contribution is -2.39. The van der Waals surface area contributed by atoms with Gasteiger partial charge >= 0.3 is 0 Å². The van der Waals surface area contributed by atoms with Crippen LogP contribution >= 0.6 is 11.3 Å². The minimum atomic E-state index is -3.31. The van der Waals surface area contributed by atoms with Crippen molar-refractivity contribution in [3.05, 3.63) is 16.5 Å². The first-order chi connectivity index (χ1) is 9.98.